The zero-order valence-corrected chi connectivity index (χ0v) is 15.3. The Labute approximate surface area is 134 Å². The van der Waals surface area contributed by atoms with Crippen molar-refractivity contribution in [3.05, 3.63) is 36.4 Å². The van der Waals surface area contributed by atoms with Crippen molar-refractivity contribution in [2.75, 3.05) is 13.2 Å². The lowest BCUT2D eigenvalue weighted by molar-refractivity contribution is 0.231. The smallest absolute Gasteiger partial charge is 0.232 e. The van der Waals surface area contributed by atoms with Crippen molar-refractivity contribution in [3.63, 3.8) is 0 Å². The van der Waals surface area contributed by atoms with Gasteiger partial charge in [0.25, 0.3) is 0 Å². The van der Waals surface area contributed by atoms with E-state index in [-0.39, 0.29) is 11.0 Å². The van der Waals surface area contributed by atoms with E-state index in [4.69, 9.17) is 13.9 Å². The van der Waals surface area contributed by atoms with E-state index < -0.39 is 8.32 Å². The summed E-state index contributed by atoms with van der Waals surface area (Å²) in [6.45, 7) is 12.4. The number of nitrogens with zero attached hydrogens (tertiary/aromatic N) is 1. The summed E-state index contributed by atoms with van der Waals surface area (Å²) < 4.78 is 16.9. The van der Waals surface area contributed by atoms with Crippen LogP contribution in [0.15, 0.2) is 41.4 Å². The molecule has 4 nitrogen and oxygen atoms in total. The summed E-state index contributed by atoms with van der Waals surface area (Å²) in [6.07, 6.45) is 10.3. The highest BCUT2D eigenvalue weighted by atomic mass is 28.4. The van der Waals surface area contributed by atoms with Crippen molar-refractivity contribution in [2.45, 2.75) is 45.3 Å². The first-order valence-electron chi connectivity index (χ1n) is 7.81. The lowest BCUT2D eigenvalue weighted by atomic mass is 9.98. The van der Waals surface area contributed by atoms with Crippen LogP contribution in [0.4, 0.5) is 0 Å². The highest BCUT2D eigenvalue weighted by molar-refractivity contribution is 6.74. The van der Waals surface area contributed by atoms with E-state index in [2.05, 4.69) is 44.9 Å². The number of allylic oxidation sites excluding steroid dienone is 3. The third-order valence-corrected chi connectivity index (χ3v) is 9.01. The number of hydrogen-bond donors (Lipinski definition) is 0. The van der Waals surface area contributed by atoms with Gasteiger partial charge in [-0.3, -0.25) is 0 Å². The first-order valence-corrected chi connectivity index (χ1v) is 10.7. The van der Waals surface area contributed by atoms with Crippen LogP contribution in [0.2, 0.25) is 18.1 Å². The fourth-order valence-electron chi connectivity index (χ4n) is 1.98. The van der Waals surface area contributed by atoms with Crippen molar-refractivity contribution >= 4 is 14.2 Å². The normalized spacial score (nSPS) is 24.0. The van der Waals surface area contributed by atoms with Gasteiger partial charge in [0.05, 0.1) is 0 Å². The van der Waals surface area contributed by atoms with E-state index in [1.165, 1.54) is 12.5 Å². The molecule has 5 heteroatoms. The van der Waals surface area contributed by atoms with Gasteiger partial charge in [-0.1, -0.05) is 32.9 Å². The molecule has 1 atom stereocenters. The molecule has 1 aliphatic carbocycles. The van der Waals surface area contributed by atoms with E-state index in [9.17, 15) is 0 Å². The molecule has 1 aliphatic heterocycles. The van der Waals surface area contributed by atoms with Gasteiger partial charge in [-0.2, -0.15) is 0 Å². The molecule has 0 amide bonds. The summed E-state index contributed by atoms with van der Waals surface area (Å²) in [5.74, 6) is 0.877. The van der Waals surface area contributed by atoms with Crippen molar-refractivity contribution in [3.8, 4) is 0 Å². The molecule has 0 radical (unpaired) electrons. The van der Waals surface area contributed by atoms with Crippen LogP contribution in [0.25, 0.3) is 0 Å². The van der Waals surface area contributed by atoms with Crippen molar-refractivity contribution < 1.29 is 13.9 Å². The van der Waals surface area contributed by atoms with Crippen LogP contribution in [0.1, 0.15) is 27.2 Å². The van der Waals surface area contributed by atoms with Gasteiger partial charge in [0.15, 0.2) is 14.9 Å². The SMILES string of the molecule is CC(C)(C)[Si](C)(C)OCC1CC=CC=C1N=C1COC=CO1. The monoisotopic (exact) mass is 321 g/mol. The van der Waals surface area contributed by atoms with Gasteiger partial charge in [-0.15, -0.1) is 0 Å². The van der Waals surface area contributed by atoms with Crippen LogP contribution < -0.4 is 0 Å². The fraction of sp³-hybridized carbons (Fsp3) is 0.588. The Morgan fingerprint density at radius 3 is 2.73 bits per heavy atom. The molecule has 22 heavy (non-hydrogen) atoms. The molecule has 0 saturated carbocycles. The zero-order valence-electron chi connectivity index (χ0n) is 14.3. The Morgan fingerprint density at radius 1 is 1.32 bits per heavy atom. The lowest BCUT2D eigenvalue weighted by Gasteiger charge is -2.37. The van der Waals surface area contributed by atoms with Crippen LogP contribution in [0, 0.1) is 5.92 Å². The second-order valence-electron chi connectivity index (χ2n) is 7.23. The number of ether oxygens (including phenoxy) is 2. The molecular formula is C17H27NO3Si. The summed E-state index contributed by atoms with van der Waals surface area (Å²) in [5, 5.41) is 0.221. The van der Waals surface area contributed by atoms with Crippen LogP contribution in [0.3, 0.4) is 0 Å². The van der Waals surface area contributed by atoms with E-state index in [0.29, 0.717) is 19.1 Å². The van der Waals surface area contributed by atoms with Gasteiger partial charge >= 0.3 is 0 Å². The number of hydrogen-bond acceptors (Lipinski definition) is 4. The molecule has 0 spiro atoms. The standard InChI is InChI=1S/C17H27NO3Si/c1-17(2,3)22(4,5)21-12-14-8-6-7-9-15(14)18-16-13-19-10-11-20-16/h6-7,9-11,14H,8,12-13H2,1-5H3. The largest absolute Gasteiger partial charge is 0.488 e. The highest BCUT2D eigenvalue weighted by Crippen LogP contribution is 2.37. The van der Waals surface area contributed by atoms with Crippen molar-refractivity contribution in [2.24, 2.45) is 10.9 Å². The van der Waals surface area contributed by atoms with Gasteiger partial charge in [-0.05, 0) is 30.6 Å². The molecule has 1 unspecified atom stereocenters. The predicted octanol–water partition coefficient (Wildman–Crippen LogP) is 4.38. The summed E-state index contributed by atoms with van der Waals surface area (Å²) in [7, 11) is -1.74. The number of rotatable bonds is 4. The Bertz CT molecular complexity index is 512. The van der Waals surface area contributed by atoms with Gasteiger partial charge in [0.1, 0.15) is 12.5 Å². The molecule has 0 bridgehead atoms. The molecule has 0 aromatic carbocycles. The van der Waals surface area contributed by atoms with Gasteiger partial charge in [0, 0.05) is 18.2 Å². The minimum Gasteiger partial charge on any atom is -0.488 e. The minimum atomic E-state index is -1.74. The summed E-state index contributed by atoms with van der Waals surface area (Å²) >= 11 is 0. The first-order chi connectivity index (χ1) is 10.3. The Kier molecular flexibility index (Phi) is 5.29. The van der Waals surface area contributed by atoms with E-state index >= 15 is 0 Å². The molecule has 2 aliphatic rings. The van der Waals surface area contributed by atoms with Crippen molar-refractivity contribution in [1.82, 2.24) is 0 Å². The summed E-state index contributed by atoms with van der Waals surface area (Å²) in [5.41, 5.74) is 1.01. The second-order valence-corrected chi connectivity index (χ2v) is 12.0. The first kappa shape index (κ1) is 17.0. The molecule has 0 N–H and O–H groups in total. The Morgan fingerprint density at radius 2 is 2.09 bits per heavy atom. The lowest BCUT2D eigenvalue weighted by Crippen LogP contribution is -2.42. The average molecular weight is 321 g/mol. The molecule has 122 valence electrons. The van der Waals surface area contributed by atoms with E-state index in [1.807, 2.05) is 12.2 Å². The Hall–Kier alpha value is -1.33. The summed E-state index contributed by atoms with van der Waals surface area (Å²) in [4.78, 5) is 4.60. The second kappa shape index (κ2) is 6.83. The number of aliphatic imine (C=N–C) groups is 1. The maximum absolute atomic E-state index is 6.36. The fourth-order valence-corrected chi connectivity index (χ4v) is 3.03. The maximum atomic E-state index is 6.36. The Balaban J connectivity index is 2.02. The zero-order chi connectivity index (χ0) is 16.2. The van der Waals surface area contributed by atoms with Gasteiger partial charge < -0.3 is 13.9 Å². The predicted molar refractivity (Wildman–Crippen MR) is 92.1 cm³/mol. The summed E-state index contributed by atoms with van der Waals surface area (Å²) in [6, 6.07) is 0. The van der Waals surface area contributed by atoms with E-state index in [0.717, 1.165) is 12.1 Å². The van der Waals surface area contributed by atoms with Crippen LogP contribution in [0.5, 0.6) is 0 Å². The molecular weight excluding hydrogens is 294 g/mol. The third-order valence-electron chi connectivity index (χ3n) is 4.51. The minimum absolute atomic E-state index is 0.221. The molecule has 0 saturated heterocycles. The van der Waals surface area contributed by atoms with Gasteiger partial charge in [0.2, 0.25) is 5.90 Å². The van der Waals surface area contributed by atoms with Crippen molar-refractivity contribution in [1.29, 1.82) is 0 Å². The highest BCUT2D eigenvalue weighted by Gasteiger charge is 2.37. The third kappa shape index (κ3) is 4.33. The van der Waals surface area contributed by atoms with Crippen LogP contribution in [-0.2, 0) is 13.9 Å². The maximum Gasteiger partial charge on any atom is 0.232 e. The van der Waals surface area contributed by atoms with Crippen LogP contribution in [-0.4, -0.2) is 27.4 Å². The molecule has 1 heterocycles. The molecule has 0 aromatic heterocycles. The molecule has 0 aromatic rings. The van der Waals surface area contributed by atoms with Crippen LogP contribution >= 0.6 is 0 Å². The average Bonchev–Trinajstić information content (AvgIpc) is 2.46. The van der Waals surface area contributed by atoms with E-state index in [1.54, 1.807) is 0 Å². The van der Waals surface area contributed by atoms with Gasteiger partial charge in [-0.25, -0.2) is 4.99 Å². The molecule has 0 fully saturated rings. The quantitative estimate of drug-likeness (QED) is 0.721. The molecule has 2 rings (SSSR count). The topological polar surface area (TPSA) is 40.0 Å².